The van der Waals surface area contributed by atoms with Gasteiger partial charge in [0.1, 0.15) is 0 Å². The van der Waals surface area contributed by atoms with Crippen LogP contribution < -0.4 is 0 Å². The normalized spacial score (nSPS) is 12.3. The third kappa shape index (κ3) is 5.93. The third-order valence-corrected chi connectivity index (χ3v) is 1.43. The van der Waals surface area contributed by atoms with Gasteiger partial charge in [-0.15, -0.1) is 0 Å². The van der Waals surface area contributed by atoms with Crippen LogP contribution in [-0.4, -0.2) is 13.2 Å². The van der Waals surface area contributed by atoms with Crippen molar-refractivity contribution in [2.45, 2.75) is 20.3 Å². The Bertz CT molecular complexity index is 166. The minimum Gasteiger partial charge on any atom is -0.377 e. The summed E-state index contributed by atoms with van der Waals surface area (Å²) in [5.74, 6) is 0. The van der Waals surface area contributed by atoms with Crippen molar-refractivity contribution in [1.82, 2.24) is 0 Å². The molecular formula is C11H18O. The van der Waals surface area contributed by atoms with Crippen LogP contribution in [0.5, 0.6) is 0 Å². The standard InChI is InChI=1S/C11H18O/c1-4-7-8-11(6-3)10-12-9-5-2/h4,6-8H,1,5,9-10H2,2-3H3/b8-7-,11-6+. The first-order chi connectivity index (χ1) is 5.85. The molecule has 0 aliphatic rings. The van der Waals surface area contributed by atoms with Crippen molar-refractivity contribution >= 4 is 0 Å². The Morgan fingerprint density at radius 1 is 1.50 bits per heavy atom. The predicted molar refractivity (Wildman–Crippen MR) is 54.2 cm³/mol. The molecule has 0 aromatic heterocycles. The SMILES string of the molecule is C=C/C=C\C(=C/C)COCCC. The van der Waals surface area contributed by atoms with E-state index in [1.54, 1.807) is 6.08 Å². The van der Waals surface area contributed by atoms with Gasteiger partial charge < -0.3 is 4.74 Å². The second kappa shape index (κ2) is 8.28. The second-order valence-corrected chi connectivity index (χ2v) is 2.51. The van der Waals surface area contributed by atoms with Crippen LogP contribution in [0.2, 0.25) is 0 Å². The lowest BCUT2D eigenvalue weighted by molar-refractivity contribution is 0.158. The van der Waals surface area contributed by atoms with Crippen molar-refractivity contribution in [3.05, 3.63) is 36.5 Å². The molecule has 0 rings (SSSR count). The Labute approximate surface area is 75.4 Å². The summed E-state index contributed by atoms with van der Waals surface area (Å²) < 4.78 is 5.38. The Morgan fingerprint density at radius 2 is 2.25 bits per heavy atom. The summed E-state index contributed by atoms with van der Waals surface area (Å²) in [6.07, 6.45) is 8.83. The minimum absolute atomic E-state index is 0.703. The molecule has 0 saturated heterocycles. The van der Waals surface area contributed by atoms with Crippen molar-refractivity contribution in [2.75, 3.05) is 13.2 Å². The summed E-state index contributed by atoms with van der Waals surface area (Å²) in [5.41, 5.74) is 1.20. The van der Waals surface area contributed by atoms with E-state index in [4.69, 9.17) is 4.74 Å². The van der Waals surface area contributed by atoms with Crippen molar-refractivity contribution in [2.24, 2.45) is 0 Å². The van der Waals surface area contributed by atoms with Crippen molar-refractivity contribution < 1.29 is 4.74 Å². The summed E-state index contributed by atoms with van der Waals surface area (Å²) in [6, 6.07) is 0. The fourth-order valence-corrected chi connectivity index (χ4v) is 0.754. The third-order valence-electron chi connectivity index (χ3n) is 1.43. The Kier molecular flexibility index (Phi) is 7.71. The molecule has 0 aliphatic heterocycles. The van der Waals surface area contributed by atoms with Gasteiger partial charge in [-0.05, 0) is 18.9 Å². The lowest BCUT2D eigenvalue weighted by atomic mass is 10.2. The highest BCUT2D eigenvalue weighted by atomic mass is 16.5. The van der Waals surface area contributed by atoms with E-state index in [0.717, 1.165) is 13.0 Å². The van der Waals surface area contributed by atoms with Gasteiger partial charge in [-0.3, -0.25) is 0 Å². The number of allylic oxidation sites excluding steroid dienone is 3. The molecule has 1 nitrogen and oxygen atoms in total. The average molecular weight is 166 g/mol. The Balaban J connectivity index is 3.69. The minimum atomic E-state index is 0.703. The lowest BCUT2D eigenvalue weighted by Crippen LogP contribution is -1.97. The fraction of sp³-hybridized carbons (Fsp3) is 0.455. The van der Waals surface area contributed by atoms with Gasteiger partial charge in [0, 0.05) is 6.61 Å². The van der Waals surface area contributed by atoms with E-state index in [1.807, 2.05) is 19.1 Å². The van der Waals surface area contributed by atoms with Gasteiger partial charge in [0.25, 0.3) is 0 Å². The van der Waals surface area contributed by atoms with Gasteiger partial charge in [0.2, 0.25) is 0 Å². The van der Waals surface area contributed by atoms with Gasteiger partial charge in [0.15, 0.2) is 0 Å². The molecule has 68 valence electrons. The second-order valence-electron chi connectivity index (χ2n) is 2.51. The molecular weight excluding hydrogens is 148 g/mol. The predicted octanol–water partition coefficient (Wildman–Crippen LogP) is 3.10. The summed E-state index contributed by atoms with van der Waals surface area (Å²) >= 11 is 0. The smallest absolute Gasteiger partial charge is 0.0713 e. The summed E-state index contributed by atoms with van der Waals surface area (Å²) in [4.78, 5) is 0. The topological polar surface area (TPSA) is 9.23 Å². The molecule has 0 unspecified atom stereocenters. The zero-order chi connectivity index (χ0) is 9.23. The molecule has 0 heterocycles. The highest BCUT2D eigenvalue weighted by Crippen LogP contribution is 1.98. The molecule has 0 atom stereocenters. The molecule has 0 bridgehead atoms. The van der Waals surface area contributed by atoms with Crippen molar-refractivity contribution in [3.8, 4) is 0 Å². The van der Waals surface area contributed by atoms with Crippen LogP contribution in [0.25, 0.3) is 0 Å². The fourth-order valence-electron chi connectivity index (χ4n) is 0.754. The van der Waals surface area contributed by atoms with E-state index < -0.39 is 0 Å². The first-order valence-electron chi connectivity index (χ1n) is 4.37. The quantitative estimate of drug-likeness (QED) is 0.435. The number of rotatable bonds is 6. The van der Waals surface area contributed by atoms with E-state index in [0.29, 0.717) is 6.61 Å². The number of hydrogen-bond donors (Lipinski definition) is 0. The van der Waals surface area contributed by atoms with Crippen LogP contribution >= 0.6 is 0 Å². The van der Waals surface area contributed by atoms with Gasteiger partial charge in [-0.2, -0.15) is 0 Å². The van der Waals surface area contributed by atoms with E-state index >= 15 is 0 Å². The Hall–Kier alpha value is -0.820. The zero-order valence-corrected chi connectivity index (χ0v) is 8.05. The molecule has 0 fully saturated rings. The molecule has 0 aromatic rings. The van der Waals surface area contributed by atoms with Gasteiger partial charge >= 0.3 is 0 Å². The molecule has 0 saturated carbocycles. The maximum absolute atomic E-state index is 5.38. The van der Waals surface area contributed by atoms with E-state index in [2.05, 4.69) is 19.6 Å². The van der Waals surface area contributed by atoms with Crippen molar-refractivity contribution in [1.29, 1.82) is 0 Å². The first kappa shape index (κ1) is 11.2. The molecule has 1 heteroatoms. The monoisotopic (exact) mass is 166 g/mol. The maximum Gasteiger partial charge on any atom is 0.0713 e. The summed E-state index contributed by atoms with van der Waals surface area (Å²) in [7, 11) is 0. The molecule has 0 aliphatic carbocycles. The van der Waals surface area contributed by atoms with Crippen LogP contribution in [-0.2, 0) is 4.74 Å². The number of hydrogen-bond acceptors (Lipinski definition) is 1. The van der Waals surface area contributed by atoms with E-state index in [9.17, 15) is 0 Å². The van der Waals surface area contributed by atoms with Gasteiger partial charge in [-0.25, -0.2) is 0 Å². The average Bonchev–Trinajstić information content (AvgIpc) is 2.11. The molecule has 0 N–H and O–H groups in total. The highest BCUT2D eigenvalue weighted by molar-refractivity contribution is 5.21. The molecule has 0 spiro atoms. The van der Waals surface area contributed by atoms with E-state index in [-0.39, 0.29) is 0 Å². The molecule has 0 amide bonds. The largest absolute Gasteiger partial charge is 0.377 e. The Morgan fingerprint density at radius 3 is 2.75 bits per heavy atom. The maximum atomic E-state index is 5.38. The molecule has 0 aromatic carbocycles. The van der Waals surface area contributed by atoms with Crippen molar-refractivity contribution in [3.63, 3.8) is 0 Å². The zero-order valence-electron chi connectivity index (χ0n) is 8.05. The van der Waals surface area contributed by atoms with Crippen LogP contribution in [0.3, 0.4) is 0 Å². The van der Waals surface area contributed by atoms with Crippen LogP contribution in [0.4, 0.5) is 0 Å². The van der Waals surface area contributed by atoms with Crippen LogP contribution in [0, 0.1) is 0 Å². The summed E-state index contributed by atoms with van der Waals surface area (Å²) in [5, 5.41) is 0. The summed E-state index contributed by atoms with van der Waals surface area (Å²) in [6.45, 7) is 9.26. The van der Waals surface area contributed by atoms with Gasteiger partial charge in [0.05, 0.1) is 6.61 Å². The van der Waals surface area contributed by atoms with E-state index in [1.165, 1.54) is 5.57 Å². The van der Waals surface area contributed by atoms with Gasteiger partial charge in [-0.1, -0.05) is 37.8 Å². The lowest BCUT2D eigenvalue weighted by Gasteiger charge is -2.01. The molecule has 0 radical (unpaired) electrons. The van der Waals surface area contributed by atoms with Crippen LogP contribution in [0.15, 0.2) is 36.5 Å². The first-order valence-corrected chi connectivity index (χ1v) is 4.37. The highest BCUT2D eigenvalue weighted by Gasteiger charge is 1.89. The molecule has 12 heavy (non-hydrogen) atoms. The number of ether oxygens (including phenoxy) is 1. The van der Waals surface area contributed by atoms with Crippen LogP contribution in [0.1, 0.15) is 20.3 Å².